The largest absolute Gasteiger partial charge is 0.481 e. The van der Waals surface area contributed by atoms with E-state index >= 15 is 0 Å². The molecule has 1 aromatic heterocycles. The number of carbonyl (C=O) groups is 2. The van der Waals surface area contributed by atoms with Gasteiger partial charge in [-0.3, -0.25) is 20.4 Å². The first-order chi connectivity index (χ1) is 12.3. The van der Waals surface area contributed by atoms with Crippen molar-refractivity contribution < 1.29 is 18.8 Å². The van der Waals surface area contributed by atoms with Gasteiger partial charge in [0.05, 0.1) is 5.69 Å². The number of carbonyl (C=O) groups excluding carboxylic acids is 2. The molecule has 0 aliphatic heterocycles. The molecule has 0 aliphatic carbocycles. The van der Waals surface area contributed by atoms with Gasteiger partial charge in [0, 0.05) is 12.0 Å². The maximum absolute atomic E-state index is 12.1. The highest BCUT2D eigenvalue weighted by atomic mass is 16.5. The van der Waals surface area contributed by atoms with Crippen LogP contribution in [-0.4, -0.2) is 23.1 Å². The first-order valence-electron chi connectivity index (χ1n) is 8.53. The number of aromatic nitrogens is 1. The smallest absolute Gasteiger partial charge is 0.279 e. The van der Waals surface area contributed by atoms with E-state index in [4.69, 9.17) is 9.26 Å². The summed E-state index contributed by atoms with van der Waals surface area (Å²) in [6.45, 7) is 9.18. The first-order valence-corrected chi connectivity index (χ1v) is 8.53. The summed E-state index contributed by atoms with van der Waals surface area (Å²) in [5.74, 6) is 0.640. The van der Waals surface area contributed by atoms with Crippen molar-refractivity contribution in [3.63, 3.8) is 0 Å². The third kappa shape index (κ3) is 4.84. The van der Waals surface area contributed by atoms with E-state index in [1.54, 1.807) is 13.8 Å². The monoisotopic (exact) mass is 359 g/mol. The maximum atomic E-state index is 12.1. The van der Waals surface area contributed by atoms with Crippen molar-refractivity contribution in [1.82, 2.24) is 16.0 Å². The van der Waals surface area contributed by atoms with Crippen LogP contribution in [0.15, 0.2) is 22.7 Å². The van der Waals surface area contributed by atoms with E-state index in [9.17, 15) is 9.59 Å². The van der Waals surface area contributed by atoms with Crippen molar-refractivity contribution in [2.75, 3.05) is 0 Å². The molecule has 2 N–H and O–H groups in total. The average Bonchev–Trinajstić information content (AvgIpc) is 2.93. The summed E-state index contributed by atoms with van der Waals surface area (Å²) in [6.07, 6.45) is -0.0225. The Bertz CT molecular complexity index is 779. The van der Waals surface area contributed by atoms with Gasteiger partial charge in [-0.1, -0.05) is 17.3 Å². The molecule has 1 heterocycles. The summed E-state index contributed by atoms with van der Waals surface area (Å²) < 4.78 is 10.8. The molecule has 7 nitrogen and oxygen atoms in total. The molecule has 7 heteroatoms. The van der Waals surface area contributed by atoms with Gasteiger partial charge in [0.15, 0.2) is 6.10 Å². The Morgan fingerprint density at radius 2 is 1.92 bits per heavy atom. The van der Waals surface area contributed by atoms with Gasteiger partial charge >= 0.3 is 0 Å². The van der Waals surface area contributed by atoms with Crippen molar-refractivity contribution in [2.24, 2.45) is 0 Å². The lowest BCUT2D eigenvalue weighted by Gasteiger charge is -2.17. The van der Waals surface area contributed by atoms with Gasteiger partial charge in [0.25, 0.3) is 5.91 Å². The molecule has 26 heavy (non-hydrogen) atoms. The normalized spacial score (nSPS) is 11.7. The number of aryl methyl sites for hydroxylation is 3. The summed E-state index contributed by atoms with van der Waals surface area (Å²) in [4.78, 5) is 24.0. The second kappa shape index (κ2) is 8.51. The number of hydrogen-bond acceptors (Lipinski definition) is 5. The standard InChI is InChI=1S/C19H25N3O4/c1-11-7-6-8-17(12(11)2)25-15(5)19(24)21-20-18(23)10-9-16-13(3)22-26-14(16)4/h6-8,15H,9-10H2,1-5H3,(H,20,23)(H,21,24). The minimum absolute atomic E-state index is 0.218. The highest BCUT2D eigenvalue weighted by molar-refractivity contribution is 5.84. The zero-order chi connectivity index (χ0) is 19.3. The van der Waals surface area contributed by atoms with Crippen LogP contribution in [0.25, 0.3) is 0 Å². The number of amides is 2. The third-order valence-corrected chi connectivity index (χ3v) is 4.34. The number of rotatable bonds is 6. The van der Waals surface area contributed by atoms with Gasteiger partial charge in [-0.05, 0) is 58.2 Å². The number of benzene rings is 1. The van der Waals surface area contributed by atoms with Crippen molar-refractivity contribution >= 4 is 11.8 Å². The van der Waals surface area contributed by atoms with E-state index in [2.05, 4.69) is 16.0 Å². The second-order valence-corrected chi connectivity index (χ2v) is 6.30. The van der Waals surface area contributed by atoms with Crippen molar-refractivity contribution in [3.05, 3.63) is 46.3 Å². The molecule has 140 valence electrons. The van der Waals surface area contributed by atoms with E-state index in [0.29, 0.717) is 17.9 Å². The first kappa shape index (κ1) is 19.5. The molecule has 1 atom stereocenters. The molecule has 0 aliphatic rings. The molecule has 0 spiro atoms. The minimum Gasteiger partial charge on any atom is -0.481 e. The fraction of sp³-hybridized carbons (Fsp3) is 0.421. The Kier molecular flexibility index (Phi) is 6.38. The Hall–Kier alpha value is -2.83. The van der Waals surface area contributed by atoms with Crippen LogP contribution in [0.3, 0.4) is 0 Å². The van der Waals surface area contributed by atoms with Crippen molar-refractivity contribution in [2.45, 2.75) is 53.6 Å². The van der Waals surface area contributed by atoms with E-state index in [1.807, 2.05) is 39.0 Å². The van der Waals surface area contributed by atoms with E-state index in [1.165, 1.54) is 0 Å². The van der Waals surface area contributed by atoms with Crippen LogP contribution < -0.4 is 15.6 Å². The summed E-state index contributed by atoms with van der Waals surface area (Å²) in [6, 6.07) is 5.67. The number of nitrogens with zero attached hydrogens (tertiary/aromatic N) is 1. The number of nitrogens with one attached hydrogen (secondary N) is 2. The van der Waals surface area contributed by atoms with Crippen LogP contribution in [0.2, 0.25) is 0 Å². The Labute approximate surface area is 153 Å². The molecule has 2 aromatic rings. The van der Waals surface area contributed by atoms with Crippen LogP contribution in [0.1, 0.15) is 41.5 Å². The van der Waals surface area contributed by atoms with E-state index in [0.717, 1.165) is 22.4 Å². The minimum atomic E-state index is -0.738. The van der Waals surface area contributed by atoms with Crippen LogP contribution in [0.5, 0.6) is 5.75 Å². The summed E-state index contributed by atoms with van der Waals surface area (Å²) in [5, 5.41) is 3.85. The molecular weight excluding hydrogens is 334 g/mol. The zero-order valence-corrected chi connectivity index (χ0v) is 15.8. The van der Waals surface area contributed by atoms with Crippen LogP contribution in [-0.2, 0) is 16.0 Å². The van der Waals surface area contributed by atoms with Gasteiger partial charge in [0.1, 0.15) is 11.5 Å². The second-order valence-electron chi connectivity index (χ2n) is 6.30. The third-order valence-electron chi connectivity index (χ3n) is 4.34. The highest BCUT2D eigenvalue weighted by Crippen LogP contribution is 2.21. The number of hydrogen-bond donors (Lipinski definition) is 2. The van der Waals surface area contributed by atoms with Gasteiger partial charge in [-0.15, -0.1) is 0 Å². The van der Waals surface area contributed by atoms with Gasteiger partial charge in [-0.2, -0.15) is 0 Å². The Balaban J connectivity index is 1.80. The van der Waals surface area contributed by atoms with E-state index < -0.39 is 12.0 Å². The van der Waals surface area contributed by atoms with Gasteiger partial charge in [0.2, 0.25) is 5.91 Å². The van der Waals surface area contributed by atoms with Crippen LogP contribution in [0, 0.1) is 27.7 Å². The SMILES string of the molecule is Cc1cccc(OC(C)C(=O)NNC(=O)CCc2c(C)noc2C)c1C. The van der Waals surface area contributed by atoms with Crippen molar-refractivity contribution in [3.8, 4) is 5.75 Å². The maximum Gasteiger partial charge on any atom is 0.279 e. The summed E-state index contributed by atoms with van der Waals surface area (Å²) in [7, 11) is 0. The van der Waals surface area contributed by atoms with Crippen LogP contribution in [0.4, 0.5) is 0 Å². The molecule has 2 rings (SSSR count). The van der Waals surface area contributed by atoms with Crippen molar-refractivity contribution in [1.29, 1.82) is 0 Å². The topological polar surface area (TPSA) is 93.5 Å². The molecule has 1 unspecified atom stereocenters. The molecular formula is C19H25N3O4. The zero-order valence-electron chi connectivity index (χ0n) is 15.8. The molecule has 0 fully saturated rings. The lowest BCUT2D eigenvalue weighted by molar-refractivity contribution is -0.132. The lowest BCUT2D eigenvalue weighted by atomic mass is 10.1. The van der Waals surface area contributed by atoms with Gasteiger partial charge in [-0.25, -0.2) is 0 Å². The highest BCUT2D eigenvalue weighted by Gasteiger charge is 2.17. The molecule has 0 radical (unpaired) electrons. The Morgan fingerprint density at radius 1 is 1.19 bits per heavy atom. The predicted octanol–water partition coefficient (Wildman–Crippen LogP) is 2.46. The molecule has 0 saturated heterocycles. The summed E-state index contributed by atoms with van der Waals surface area (Å²) in [5.41, 5.74) is 8.56. The molecule has 0 saturated carbocycles. The quantitative estimate of drug-likeness (QED) is 0.773. The number of hydrazine groups is 1. The average molecular weight is 359 g/mol. The fourth-order valence-electron chi connectivity index (χ4n) is 2.49. The molecule has 2 amide bonds. The number of ether oxygens (including phenoxy) is 1. The van der Waals surface area contributed by atoms with Gasteiger partial charge < -0.3 is 9.26 Å². The predicted molar refractivity (Wildman–Crippen MR) is 96.6 cm³/mol. The van der Waals surface area contributed by atoms with Crippen LogP contribution >= 0.6 is 0 Å². The fourth-order valence-corrected chi connectivity index (χ4v) is 2.49. The molecule has 0 bridgehead atoms. The lowest BCUT2D eigenvalue weighted by Crippen LogP contribution is -2.47. The summed E-state index contributed by atoms with van der Waals surface area (Å²) >= 11 is 0. The van der Waals surface area contributed by atoms with E-state index in [-0.39, 0.29) is 12.3 Å². The Morgan fingerprint density at radius 3 is 2.58 bits per heavy atom. The molecule has 1 aromatic carbocycles.